The second kappa shape index (κ2) is 3.57. The van der Waals surface area contributed by atoms with Crippen molar-refractivity contribution in [2.75, 3.05) is 7.11 Å². The van der Waals surface area contributed by atoms with Crippen LogP contribution in [-0.2, 0) is 9.53 Å². The van der Waals surface area contributed by atoms with Crippen LogP contribution in [0.2, 0.25) is 0 Å². The van der Waals surface area contributed by atoms with Gasteiger partial charge in [-0.3, -0.25) is 4.79 Å². The van der Waals surface area contributed by atoms with E-state index in [4.69, 9.17) is 0 Å². The summed E-state index contributed by atoms with van der Waals surface area (Å²) in [5.41, 5.74) is 0.449. The Balaban J connectivity index is 2.58. The molecule has 0 fully saturated rings. The predicted molar refractivity (Wildman–Crippen MR) is 53.1 cm³/mol. The van der Waals surface area contributed by atoms with Gasteiger partial charge in [0.2, 0.25) is 0 Å². The van der Waals surface area contributed by atoms with Crippen molar-refractivity contribution >= 4 is 24.2 Å². The van der Waals surface area contributed by atoms with E-state index in [1.165, 1.54) is 19.4 Å². The van der Waals surface area contributed by atoms with Gasteiger partial charge in [-0.25, -0.2) is 10.1 Å². The SMILES string of the molecule is COC(=O)c1ccc2c(c1)=C[N]C(=O)C=2. The van der Waals surface area contributed by atoms with Gasteiger partial charge in [0, 0.05) is 17.5 Å². The van der Waals surface area contributed by atoms with Gasteiger partial charge >= 0.3 is 5.97 Å². The van der Waals surface area contributed by atoms with Gasteiger partial charge in [0.05, 0.1) is 12.7 Å². The Bertz CT molecular complexity index is 545. The van der Waals surface area contributed by atoms with Gasteiger partial charge in [0.25, 0.3) is 5.91 Å². The quantitative estimate of drug-likeness (QED) is 0.556. The minimum atomic E-state index is -0.400. The lowest BCUT2D eigenvalue weighted by molar-refractivity contribution is -0.114. The van der Waals surface area contributed by atoms with Crippen molar-refractivity contribution in [1.82, 2.24) is 5.32 Å². The molecular weight excluding hydrogens is 194 g/mol. The molecule has 0 aliphatic carbocycles. The summed E-state index contributed by atoms with van der Waals surface area (Å²) in [7, 11) is 1.32. The molecule has 0 unspecified atom stereocenters. The van der Waals surface area contributed by atoms with Crippen LogP contribution in [0.4, 0.5) is 0 Å². The number of carbonyl (C=O) groups excluding carboxylic acids is 2. The van der Waals surface area contributed by atoms with E-state index < -0.39 is 5.97 Å². The molecule has 1 aromatic carbocycles. The van der Waals surface area contributed by atoms with Crippen LogP contribution >= 0.6 is 0 Å². The summed E-state index contributed by atoms with van der Waals surface area (Å²) >= 11 is 0. The molecule has 1 aliphatic heterocycles. The van der Waals surface area contributed by atoms with Gasteiger partial charge < -0.3 is 4.74 Å². The molecular formula is C11H8NO3. The van der Waals surface area contributed by atoms with Crippen molar-refractivity contribution in [2.24, 2.45) is 0 Å². The van der Waals surface area contributed by atoms with Crippen LogP contribution in [-0.4, -0.2) is 19.0 Å². The standard InChI is InChI=1S/C11H8NO3/c1-15-11(14)8-3-2-7-5-10(13)12-6-9(7)4-8/h2-6H,1H3. The average Bonchev–Trinajstić information content (AvgIpc) is 2.27. The molecule has 0 atom stereocenters. The highest BCUT2D eigenvalue weighted by Gasteiger charge is 2.07. The minimum Gasteiger partial charge on any atom is -0.465 e. The van der Waals surface area contributed by atoms with Crippen molar-refractivity contribution in [1.29, 1.82) is 0 Å². The number of amides is 1. The van der Waals surface area contributed by atoms with Gasteiger partial charge in [-0.1, -0.05) is 6.07 Å². The lowest BCUT2D eigenvalue weighted by Gasteiger charge is -2.02. The van der Waals surface area contributed by atoms with E-state index in [1.54, 1.807) is 18.2 Å². The zero-order chi connectivity index (χ0) is 10.8. The molecule has 0 aromatic heterocycles. The van der Waals surface area contributed by atoms with E-state index in [2.05, 4.69) is 10.1 Å². The molecule has 0 saturated carbocycles. The maximum absolute atomic E-state index is 11.2. The molecule has 0 saturated heterocycles. The summed E-state index contributed by atoms with van der Waals surface area (Å²) in [5.74, 6) is -0.684. The van der Waals surface area contributed by atoms with E-state index in [1.807, 2.05) is 0 Å². The first-order valence-corrected chi connectivity index (χ1v) is 4.36. The van der Waals surface area contributed by atoms with E-state index in [0.29, 0.717) is 5.56 Å². The second-order valence-corrected chi connectivity index (χ2v) is 3.08. The lowest BCUT2D eigenvalue weighted by Crippen LogP contribution is -2.33. The molecule has 4 nitrogen and oxygen atoms in total. The zero-order valence-electron chi connectivity index (χ0n) is 8.06. The highest BCUT2D eigenvalue weighted by Crippen LogP contribution is 1.95. The van der Waals surface area contributed by atoms with Crippen LogP contribution in [0.5, 0.6) is 0 Å². The third-order valence-corrected chi connectivity index (χ3v) is 2.12. The van der Waals surface area contributed by atoms with Crippen LogP contribution in [0.15, 0.2) is 18.2 Å². The van der Waals surface area contributed by atoms with E-state index in [9.17, 15) is 9.59 Å². The second-order valence-electron chi connectivity index (χ2n) is 3.08. The highest BCUT2D eigenvalue weighted by atomic mass is 16.5. The monoisotopic (exact) mass is 202 g/mol. The Hall–Kier alpha value is -2.10. The third-order valence-electron chi connectivity index (χ3n) is 2.12. The first-order valence-electron chi connectivity index (χ1n) is 4.36. The van der Waals surface area contributed by atoms with Crippen LogP contribution < -0.4 is 15.8 Å². The predicted octanol–water partition coefficient (Wildman–Crippen LogP) is -0.864. The molecule has 1 aromatic rings. The Morgan fingerprint density at radius 2 is 2.13 bits per heavy atom. The van der Waals surface area contributed by atoms with Crippen molar-refractivity contribution in [3.05, 3.63) is 34.2 Å². The van der Waals surface area contributed by atoms with Gasteiger partial charge in [-0.2, -0.15) is 0 Å². The van der Waals surface area contributed by atoms with E-state index in [-0.39, 0.29) is 5.91 Å². The number of methoxy groups -OCH3 is 1. The number of carbonyl (C=O) groups is 2. The van der Waals surface area contributed by atoms with Crippen molar-refractivity contribution in [2.45, 2.75) is 0 Å². The molecule has 1 aliphatic rings. The summed E-state index contributed by atoms with van der Waals surface area (Å²) in [6.07, 6.45) is 2.88. The summed E-state index contributed by atoms with van der Waals surface area (Å²) < 4.78 is 4.59. The first kappa shape index (κ1) is 9.45. The van der Waals surface area contributed by atoms with Gasteiger partial charge in [-0.15, -0.1) is 0 Å². The van der Waals surface area contributed by atoms with Crippen LogP contribution in [0, 0.1) is 0 Å². The van der Waals surface area contributed by atoms with Gasteiger partial charge in [0.15, 0.2) is 0 Å². The molecule has 15 heavy (non-hydrogen) atoms. The van der Waals surface area contributed by atoms with Crippen molar-refractivity contribution in [3.63, 3.8) is 0 Å². The fraction of sp³-hybridized carbons (Fsp3) is 0.0909. The van der Waals surface area contributed by atoms with Crippen LogP contribution in [0.25, 0.3) is 12.3 Å². The summed E-state index contributed by atoms with van der Waals surface area (Å²) in [6, 6.07) is 4.96. The molecule has 0 N–H and O–H groups in total. The zero-order valence-corrected chi connectivity index (χ0v) is 8.06. The number of rotatable bonds is 1. The van der Waals surface area contributed by atoms with Gasteiger partial charge in [0.1, 0.15) is 0 Å². The average molecular weight is 202 g/mol. The Morgan fingerprint density at radius 3 is 2.87 bits per heavy atom. The Morgan fingerprint density at radius 1 is 1.33 bits per heavy atom. The number of hydrogen-bond donors (Lipinski definition) is 0. The topological polar surface area (TPSA) is 57.5 Å². The van der Waals surface area contributed by atoms with Crippen molar-refractivity contribution < 1.29 is 14.3 Å². The maximum Gasteiger partial charge on any atom is 0.337 e. The number of fused-ring (bicyclic) bond motifs is 1. The van der Waals surface area contributed by atoms with Crippen molar-refractivity contribution in [3.8, 4) is 0 Å². The minimum absolute atomic E-state index is 0.284. The Kier molecular flexibility index (Phi) is 2.25. The fourth-order valence-electron chi connectivity index (χ4n) is 1.37. The summed E-state index contributed by atoms with van der Waals surface area (Å²) in [5, 5.41) is 5.14. The Labute approximate surface area is 85.9 Å². The van der Waals surface area contributed by atoms with Gasteiger partial charge in [-0.05, 0) is 17.4 Å². The fourth-order valence-corrected chi connectivity index (χ4v) is 1.37. The van der Waals surface area contributed by atoms with E-state index in [0.717, 1.165) is 10.4 Å². The maximum atomic E-state index is 11.2. The molecule has 1 heterocycles. The lowest BCUT2D eigenvalue weighted by atomic mass is 10.1. The molecule has 0 bridgehead atoms. The highest BCUT2D eigenvalue weighted by molar-refractivity contribution is 6.06. The largest absolute Gasteiger partial charge is 0.465 e. The first-order chi connectivity index (χ1) is 7.20. The number of esters is 1. The number of ether oxygens (including phenoxy) is 1. The summed E-state index contributed by atoms with van der Waals surface area (Å²) in [4.78, 5) is 22.2. The molecule has 4 heteroatoms. The summed E-state index contributed by atoms with van der Waals surface area (Å²) in [6.45, 7) is 0. The molecule has 1 amide bonds. The van der Waals surface area contributed by atoms with Crippen LogP contribution in [0.1, 0.15) is 10.4 Å². The number of hydrogen-bond acceptors (Lipinski definition) is 3. The van der Waals surface area contributed by atoms with E-state index >= 15 is 0 Å². The molecule has 1 radical (unpaired) electrons. The molecule has 2 rings (SSSR count). The number of nitrogens with zero attached hydrogens (tertiary/aromatic N) is 1. The number of benzene rings is 1. The third kappa shape index (κ3) is 1.74. The smallest absolute Gasteiger partial charge is 0.337 e. The molecule has 0 spiro atoms. The molecule has 75 valence electrons. The normalized spacial score (nSPS) is 13.0. The van der Waals surface area contributed by atoms with Crippen LogP contribution in [0.3, 0.4) is 0 Å².